The van der Waals surface area contributed by atoms with Gasteiger partial charge in [-0.2, -0.15) is 0 Å². The minimum atomic E-state index is -0.452. The number of hydrogen-bond donors (Lipinski definition) is 1. The maximum atomic E-state index is 13.0. The number of fused-ring (bicyclic) bond motifs is 1. The van der Waals surface area contributed by atoms with E-state index in [1.54, 1.807) is 23.2 Å². The van der Waals surface area contributed by atoms with Gasteiger partial charge in [0.05, 0.1) is 17.3 Å². The maximum absolute atomic E-state index is 13.0. The third-order valence-corrected chi connectivity index (χ3v) is 6.84. The van der Waals surface area contributed by atoms with Crippen molar-refractivity contribution in [3.8, 4) is 33.5 Å². The molecule has 0 radical (unpaired) electrons. The number of pyridine rings is 1. The van der Waals surface area contributed by atoms with Gasteiger partial charge in [0, 0.05) is 47.5 Å². The Morgan fingerprint density at radius 2 is 1.94 bits per heavy atom. The molecule has 2 aliphatic rings. The molecule has 0 spiro atoms. The summed E-state index contributed by atoms with van der Waals surface area (Å²) in [5.41, 5.74) is 3.89. The van der Waals surface area contributed by atoms with Crippen LogP contribution in [0.3, 0.4) is 0 Å². The second-order valence-corrected chi connectivity index (χ2v) is 9.12. The number of thiazole rings is 1. The van der Waals surface area contributed by atoms with Gasteiger partial charge in [0.15, 0.2) is 11.5 Å². The van der Waals surface area contributed by atoms with Gasteiger partial charge in [0.25, 0.3) is 0 Å². The predicted molar refractivity (Wildman–Crippen MR) is 132 cm³/mol. The molecule has 1 unspecified atom stereocenters. The van der Waals surface area contributed by atoms with Crippen molar-refractivity contribution in [2.45, 2.75) is 6.42 Å². The van der Waals surface area contributed by atoms with Crippen LogP contribution in [0.25, 0.3) is 22.0 Å². The Labute approximate surface area is 205 Å². The molecule has 174 valence electrons. The Balaban J connectivity index is 1.15. The van der Waals surface area contributed by atoms with Crippen LogP contribution in [0.1, 0.15) is 6.42 Å². The van der Waals surface area contributed by atoms with Gasteiger partial charge in [-0.25, -0.2) is 4.98 Å². The van der Waals surface area contributed by atoms with Gasteiger partial charge in [-0.3, -0.25) is 14.6 Å². The number of carbonyl (C=O) groups excluding carboxylic acids is 2. The van der Waals surface area contributed by atoms with Crippen LogP contribution in [-0.2, 0) is 9.59 Å². The quantitative estimate of drug-likeness (QED) is 0.445. The molecular formula is C26H20N4O4S. The Kier molecular flexibility index (Phi) is 5.38. The summed E-state index contributed by atoms with van der Waals surface area (Å²) >= 11 is 1.52. The van der Waals surface area contributed by atoms with Crippen molar-refractivity contribution < 1.29 is 19.1 Å². The van der Waals surface area contributed by atoms with Crippen LogP contribution in [0.5, 0.6) is 11.5 Å². The summed E-state index contributed by atoms with van der Waals surface area (Å²) < 4.78 is 10.8. The molecule has 8 nitrogen and oxygen atoms in total. The number of carbonyl (C=O) groups is 2. The topological polar surface area (TPSA) is 93.7 Å². The molecule has 0 bridgehead atoms. The minimum absolute atomic E-state index is 0.0951. The summed E-state index contributed by atoms with van der Waals surface area (Å²) in [7, 11) is 0. The van der Waals surface area contributed by atoms with E-state index in [2.05, 4.69) is 10.3 Å². The van der Waals surface area contributed by atoms with Gasteiger partial charge < -0.3 is 19.7 Å². The number of nitrogens with zero attached hydrogens (tertiary/aromatic N) is 3. The molecule has 2 aromatic heterocycles. The molecule has 2 aliphatic heterocycles. The van der Waals surface area contributed by atoms with Crippen molar-refractivity contribution in [3.63, 3.8) is 0 Å². The number of ether oxygens (including phenoxy) is 2. The smallest absolute Gasteiger partial charge is 0.231 e. The van der Waals surface area contributed by atoms with Crippen molar-refractivity contribution in [2.75, 3.05) is 23.6 Å². The zero-order valence-corrected chi connectivity index (χ0v) is 19.3. The highest BCUT2D eigenvalue weighted by atomic mass is 32.1. The number of hydrogen-bond acceptors (Lipinski definition) is 7. The Morgan fingerprint density at radius 1 is 1.03 bits per heavy atom. The van der Waals surface area contributed by atoms with Gasteiger partial charge in [-0.1, -0.05) is 18.2 Å². The van der Waals surface area contributed by atoms with E-state index in [4.69, 9.17) is 14.5 Å². The first-order valence-electron chi connectivity index (χ1n) is 11.1. The maximum Gasteiger partial charge on any atom is 0.231 e. The zero-order valence-electron chi connectivity index (χ0n) is 18.5. The molecule has 1 atom stereocenters. The highest BCUT2D eigenvalue weighted by Gasteiger charge is 2.35. The fourth-order valence-corrected chi connectivity index (χ4v) is 5.00. The van der Waals surface area contributed by atoms with Crippen molar-refractivity contribution in [2.24, 2.45) is 5.92 Å². The van der Waals surface area contributed by atoms with E-state index in [-0.39, 0.29) is 25.0 Å². The normalized spacial score (nSPS) is 16.5. The van der Waals surface area contributed by atoms with E-state index < -0.39 is 5.92 Å². The molecule has 1 N–H and O–H groups in total. The minimum Gasteiger partial charge on any atom is -0.454 e. The van der Waals surface area contributed by atoms with E-state index in [0.29, 0.717) is 29.4 Å². The number of nitrogens with one attached hydrogen (secondary N) is 1. The lowest BCUT2D eigenvalue weighted by Gasteiger charge is -2.17. The van der Waals surface area contributed by atoms with Gasteiger partial charge >= 0.3 is 0 Å². The van der Waals surface area contributed by atoms with Gasteiger partial charge in [0.2, 0.25) is 18.6 Å². The summed E-state index contributed by atoms with van der Waals surface area (Å²) in [6.07, 6.45) is 1.90. The van der Waals surface area contributed by atoms with E-state index in [1.807, 2.05) is 53.9 Å². The highest BCUT2D eigenvalue weighted by molar-refractivity contribution is 7.13. The summed E-state index contributed by atoms with van der Waals surface area (Å²) in [5.74, 6) is 0.523. The fourth-order valence-electron chi connectivity index (χ4n) is 4.20. The Morgan fingerprint density at radius 3 is 2.83 bits per heavy atom. The molecule has 0 aliphatic carbocycles. The van der Waals surface area contributed by atoms with Crippen molar-refractivity contribution in [3.05, 3.63) is 72.2 Å². The number of anilines is 2. The zero-order chi connectivity index (χ0) is 23.8. The summed E-state index contributed by atoms with van der Waals surface area (Å²) in [6, 6.07) is 18.6. The molecule has 6 rings (SSSR count). The molecular weight excluding hydrogens is 464 g/mol. The summed E-state index contributed by atoms with van der Waals surface area (Å²) in [6.45, 7) is 0.478. The number of rotatable bonds is 5. The monoisotopic (exact) mass is 484 g/mol. The number of aromatic nitrogens is 2. The number of benzene rings is 2. The third kappa shape index (κ3) is 4.22. The van der Waals surface area contributed by atoms with E-state index >= 15 is 0 Å². The first-order chi connectivity index (χ1) is 17.1. The molecule has 2 aromatic carbocycles. The largest absolute Gasteiger partial charge is 0.454 e. The molecule has 9 heteroatoms. The Hall–Kier alpha value is -4.24. The van der Waals surface area contributed by atoms with Gasteiger partial charge in [0.1, 0.15) is 5.01 Å². The molecule has 1 saturated heterocycles. The number of amides is 2. The molecule has 4 aromatic rings. The molecule has 4 heterocycles. The van der Waals surface area contributed by atoms with Gasteiger partial charge in [-0.15, -0.1) is 11.3 Å². The highest BCUT2D eigenvalue weighted by Crippen LogP contribution is 2.37. The standard InChI is InChI=1S/C26H20N4O4S/c31-24-11-17(13-30(24)19-7-8-22-23(12-19)34-15-33-22)25(32)28-18-5-3-4-16(10-18)21-14-35-26(29-21)20-6-1-2-9-27-20/h1-10,12,14,17H,11,13,15H2,(H,28,32). The van der Waals surface area contributed by atoms with Crippen LogP contribution in [0.2, 0.25) is 0 Å². The lowest BCUT2D eigenvalue weighted by Crippen LogP contribution is -2.28. The van der Waals surface area contributed by atoms with Crippen LogP contribution >= 0.6 is 11.3 Å². The lowest BCUT2D eigenvalue weighted by molar-refractivity contribution is -0.122. The first-order valence-corrected chi connectivity index (χ1v) is 12.0. The van der Waals surface area contributed by atoms with E-state index in [1.165, 1.54) is 11.3 Å². The third-order valence-electron chi connectivity index (χ3n) is 5.98. The van der Waals surface area contributed by atoms with E-state index in [0.717, 1.165) is 22.0 Å². The van der Waals surface area contributed by atoms with Crippen LogP contribution in [0.15, 0.2) is 72.2 Å². The van der Waals surface area contributed by atoms with Crippen molar-refractivity contribution in [1.82, 2.24) is 9.97 Å². The van der Waals surface area contributed by atoms with Crippen LogP contribution in [-0.4, -0.2) is 35.1 Å². The van der Waals surface area contributed by atoms with Gasteiger partial charge in [-0.05, 0) is 36.4 Å². The molecule has 0 saturated carbocycles. The lowest BCUT2D eigenvalue weighted by atomic mass is 10.1. The second kappa shape index (κ2) is 8.84. The van der Waals surface area contributed by atoms with Crippen molar-refractivity contribution >= 4 is 34.5 Å². The average molecular weight is 485 g/mol. The second-order valence-electron chi connectivity index (χ2n) is 8.27. The van der Waals surface area contributed by atoms with Crippen LogP contribution < -0.4 is 19.7 Å². The summed E-state index contributed by atoms with van der Waals surface area (Å²) in [5, 5.41) is 5.78. The average Bonchev–Trinajstić information content (AvgIpc) is 3.64. The molecule has 2 amide bonds. The molecule has 35 heavy (non-hydrogen) atoms. The van der Waals surface area contributed by atoms with Crippen molar-refractivity contribution in [1.29, 1.82) is 0 Å². The van der Waals surface area contributed by atoms with E-state index in [9.17, 15) is 9.59 Å². The Bertz CT molecular complexity index is 1420. The predicted octanol–water partition coefficient (Wildman–Crippen LogP) is 4.59. The molecule has 1 fully saturated rings. The fraction of sp³-hybridized carbons (Fsp3) is 0.154. The van der Waals surface area contributed by atoms with Crippen LogP contribution in [0, 0.1) is 5.92 Å². The first kappa shape index (κ1) is 21.3. The van der Waals surface area contributed by atoms with Crippen LogP contribution in [0.4, 0.5) is 11.4 Å². The SMILES string of the molecule is O=C(Nc1cccc(-c2csc(-c3ccccn3)n2)c1)C1CC(=O)N(c2ccc3c(c2)OCO3)C1. The summed E-state index contributed by atoms with van der Waals surface area (Å²) in [4.78, 5) is 36.3.